The van der Waals surface area contributed by atoms with Crippen LogP contribution in [-0.4, -0.2) is 26.2 Å². The molecule has 0 aromatic heterocycles. The molecule has 0 fully saturated rings. The van der Waals surface area contributed by atoms with Gasteiger partial charge in [-0.2, -0.15) is 14.0 Å². The topological polar surface area (TPSA) is 71.3 Å². The van der Waals surface area contributed by atoms with Crippen LogP contribution in [0.5, 0.6) is 11.5 Å². The number of carbonyl (C=O) groups excluding carboxylic acids is 1. The molecule has 0 atom stereocenters. The third-order valence-corrected chi connectivity index (χ3v) is 3.64. The number of hydrogen-bond acceptors (Lipinski definition) is 4. The Morgan fingerprint density at radius 2 is 1.96 bits per heavy atom. The van der Waals surface area contributed by atoms with E-state index in [4.69, 9.17) is 4.74 Å². The molecular formula is C20H18F2N2O3. The molecule has 0 radical (unpaired) electrons. The molecule has 0 aliphatic carbocycles. The summed E-state index contributed by atoms with van der Waals surface area (Å²) in [6.45, 7) is -2.74. The summed E-state index contributed by atoms with van der Waals surface area (Å²) in [4.78, 5) is 12.2. The Kier molecular flexibility index (Phi) is 7.32. The molecule has 0 aliphatic rings. The van der Waals surface area contributed by atoms with Crippen LogP contribution >= 0.6 is 0 Å². The maximum atomic E-state index is 12.7. The van der Waals surface area contributed by atoms with Crippen LogP contribution in [0.3, 0.4) is 0 Å². The Morgan fingerprint density at radius 1 is 1.22 bits per heavy atom. The average Bonchev–Trinajstić information content (AvgIpc) is 2.67. The van der Waals surface area contributed by atoms with Crippen molar-refractivity contribution in [2.45, 2.75) is 13.0 Å². The summed E-state index contributed by atoms with van der Waals surface area (Å²) in [5.74, 6) is -0.759. The van der Waals surface area contributed by atoms with Gasteiger partial charge < -0.3 is 14.8 Å². The molecular weight excluding hydrogens is 354 g/mol. The summed E-state index contributed by atoms with van der Waals surface area (Å²) in [6, 6.07) is 15.8. The summed E-state index contributed by atoms with van der Waals surface area (Å²) >= 11 is 0. The molecule has 27 heavy (non-hydrogen) atoms. The molecule has 2 aromatic rings. The molecule has 2 aromatic carbocycles. The van der Waals surface area contributed by atoms with E-state index in [9.17, 15) is 18.8 Å². The highest BCUT2D eigenvalue weighted by Gasteiger charge is 2.16. The van der Waals surface area contributed by atoms with Crippen molar-refractivity contribution in [1.29, 1.82) is 5.26 Å². The van der Waals surface area contributed by atoms with Gasteiger partial charge in [-0.3, -0.25) is 4.79 Å². The molecule has 0 heterocycles. The minimum absolute atomic E-state index is 0.0748. The zero-order valence-corrected chi connectivity index (χ0v) is 14.6. The molecule has 2 rings (SSSR count). The standard InChI is InChI=1S/C20H18F2N2O3/c1-26-17-9-5-8-15(18(17)27-20(21)22)12-16(13-23)19(25)24-11-10-14-6-3-2-4-7-14/h2-9,12,20H,10-11H2,1H3,(H,24,25)/b16-12+. The SMILES string of the molecule is COc1cccc(/C=C(\C#N)C(=O)NCCc2ccccc2)c1OC(F)F. The maximum Gasteiger partial charge on any atom is 0.387 e. The van der Waals surface area contributed by atoms with Crippen molar-refractivity contribution in [3.05, 3.63) is 65.2 Å². The van der Waals surface area contributed by atoms with Crippen molar-refractivity contribution in [2.24, 2.45) is 0 Å². The van der Waals surface area contributed by atoms with E-state index in [1.807, 2.05) is 30.3 Å². The quantitative estimate of drug-likeness (QED) is 0.568. The lowest BCUT2D eigenvalue weighted by molar-refractivity contribution is -0.117. The smallest absolute Gasteiger partial charge is 0.387 e. The molecule has 1 N–H and O–H groups in total. The number of nitriles is 1. The molecule has 0 saturated heterocycles. The van der Waals surface area contributed by atoms with Gasteiger partial charge in [0.25, 0.3) is 5.91 Å². The number of alkyl halides is 2. The number of nitrogens with one attached hydrogen (secondary N) is 1. The van der Waals surface area contributed by atoms with E-state index in [0.29, 0.717) is 13.0 Å². The summed E-state index contributed by atoms with van der Waals surface area (Å²) in [5, 5.41) is 11.9. The van der Waals surface area contributed by atoms with Gasteiger partial charge in [0, 0.05) is 12.1 Å². The van der Waals surface area contributed by atoms with Crippen LogP contribution in [0.1, 0.15) is 11.1 Å². The van der Waals surface area contributed by atoms with E-state index in [1.54, 1.807) is 12.1 Å². The first kappa shape index (κ1) is 19.9. The molecule has 0 unspecified atom stereocenters. The van der Waals surface area contributed by atoms with E-state index < -0.39 is 12.5 Å². The molecule has 0 saturated carbocycles. The van der Waals surface area contributed by atoms with E-state index in [1.165, 1.54) is 25.3 Å². The number of methoxy groups -OCH3 is 1. The van der Waals surface area contributed by atoms with E-state index in [-0.39, 0.29) is 22.6 Å². The van der Waals surface area contributed by atoms with Crippen molar-refractivity contribution in [1.82, 2.24) is 5.32 Å². The highest BCUT2D eigenvalue weighted by molar-refractivity contribution is 6.02. The van der Waals surface area contributed by atoms with E-state index in [2.05, 4.69) is 10.1 Å². The van der Waals surface area contributed by atoms with Gasteiger partial charge >= 0.3 is 6.61 Å². The van der Waals surface area contributed by atoms with Crippen molar-refractivity contribution in [3.8, 4) is 17.6 Å². The number of para-hydroxylation sites is 1. The lowest BCUT2D eigenvalue weighted by atomic mass is 10.1. The zero-order valence-electron chi connectivity index (χ0n) is 14.6. The van der Waals surface area contributed by atoms with Crippen molar-refractivity contribution in [3.63, 3.8) is 0 Å². The van der Waals surface area contributed by atoms with Crippen LogP contribution in [0, 0.1) is 11.3 Å². The first-order chi connectivity index (χ1) is 13.0. The fourth-order valence-corrected chi connectivity index (χ4v) is 2.39. The van der Waals surface area contributed by atoms with Gasteiger partial charge in [-0.05, 0) is 24.1 Å². The monoisotopic (exact) mass is 372 g/mol. The number of ether oxygens (including phenoxy) is 2. The Labute approximate surface area is 155 Å². The summed E-state index contributed by atoms with van der Waals surface area (Å²) in [5.41, 5.74) is 0.959. The number of halogens is 2. The van der Waals surface area contributed by atoms with Crippen LogP contribution in [-0.2, 0) is 11.2 Å². The number of hydrogen-bond donors (Lipinski definition) is 1. The Bertz CT molecular complexity index is 846. The third kappa shape index (κ3) is 5.82. The zero-order chi connectivity index (χ0) is 19.6. The predicted octanol–water partition coefficient (Wildman–Crippen LogP) is 3.56. The molecule has 1 amide bonds. The second-order valence-corrected chi connectivity index (χ2v) is 5.42. The minimum Gasteiger partial charge on any atom is -0.493 e. The second kappa shape index (κ2) is 9.92. The van der Waals surface area contributed by atoms with E-state index >= 15 is 0 Å². The Morgan fingerprint density at radius 3 is 2.59 bits per heavy atom. The van der Waals surface area contributed by atoms with Crippen LogP contribution in [0.25, 0.3) is 6.08 Å². The number of benzene rings is 2. The normalized spacial score (nSPS) is 11.0. The minimum atomic E-state index is -3.07. The molecule has 5 nitrogen and oxygen atoms in total. The molecule has 140 valence electrons. The summed E-state index contributed by atoms with van der Waals surface area (Å²) < 4.78 is 34.9. The molecule has 7 heteroatoms. The van der Waals surface area contributed by atoms with Gasteiger partial charge in [0.1, 0.15) is 11.6 Å². The van der Waals surface area contributed by atoms with Gasteiger partial charge in [-0.25, -0.2) is 0 Å². The van der Waals surface area contributed by atoms with Crippen LogP contribution < -0.4 is 14.8 Å². The molecule has 0 aliphatic heterocycles. The average molecular weight is 372 g/mol. The summed E-state index contributed by atoms with van der Waals surface area (Å²) in [7, 11) is 1.31. The predicted molar refractivity (Wildman–Crippen MR) is 96.4 cm³/mol. The van der Waals surface area contributed by atoms with Crippen LogP contribution in [0.15, 0.2) is 54.1 Å². The number of rotatable bonds is 8. The molecule has 0 bridgehead atoms. The van der Waals surface area contributed by atoms with Crippen LogP contribution in [0.4, 0.5) is 8.78 Å². The van der Waals surface area contributed by atoms with Gasteiger partial charge in [0.05, 0.1) is 7.11 Å². The Hall–Kier alpha value is -3.40. The first-order valence-electron chi connectivity index (χ1n) is 8.11. The number of amides is 1. The van der Waals surface area contributed by atoms with Gasteiger partial charge in [0.2, 0.25) is 0 Å². The van der Waals surface area contributed by atoms with E-state index in [0.717, 1.165) is 5.56 Å². The van der Waals surface area contributed by atoms with Crippen LogP contribution in [0.2, 0.25) is 0 Å². The second-order valence-electron chi connectivity index (χ2n) is 5.42. The summed E-state index contributed by atoms with van der Waals surface area (Å²) in [6.07, 6.45) is 1.79. The Balaban J connectivity index is 2.15. The fourth-order valence-electron chi connectivity index (χ4n) is 2.39. The van der Waals surface area contributed by atoms with Crippen molar-refractivity contribution in [2.75, 3.05) is 13.7 Å². The first-order valence-corrected chi connectivity index (χ1v) is 8.11. The number of carbonyl (C=O) groups is 1. The van der Waals surface area contributed by atoms with Gasteiger partial charge in [0.15, 0.2) is 11.5 Å². The largest absolute Gasteiger partial charge is 0.493 e. The lowest BCUT2D eigenvalue weighted by Crippen LogP contribution is -2.26. The highest BCUT2D eigenvalue weighted by Crippen LogP contribution is 2.33. The number of nitrogens with zero attached hydrogens (tertiary/aromatic N) is 1. The third-order valence-electron chi connectivity index (χ3n) is 3.64. The van der Waals surface area contributed by atoms with Gasteiger partial charge in [-0.1, -0.05) is 42.5 Å². The van der Waals surface area contributed by atoms with Gasteiger partial charge in [-0.15, -0.1) is 0 Å². The van der Waals surface area contributed by atoms with Crippen molar-refractivity contribution < 1.29 is 23.0 Å². The van der Waals surface area contributed by atoms with Crippen molar-refractivity contribution >= 4 is 12.0 Å². The maximum absolute atomic E-state index is 12.7. The molecule has 0 spiro atoms. The fraction of sp³-hybridized carbons (Fsp3) is 0.200. The highest BCUT2D eigenvalue weighted by atomic mass is 19.3. The lowest BCUT2D eigenvalue weighted by Gasteiger charge is -2.12.